The number of thiophene rings is 1. The van der Waals surface area contributed by atoms with E-state index in [-0.39, 0.29) is 24.5 Å². The van der Waals surface area contributed by atoms with Gasteiger partial charge in [-0.1, -0.05) is 6.92 Å². The molecular weight excluding hydrogens is 338 g/mol. The number of imide groups is 1. The van der Waals surface area contributed by atoms with Crippen LogP contribution in [-0.4, -0.2) is 63.0 Å². The number of amides is 3. The first kappa shape index (κ1) is 17.9. The number of nitrogens with zero attached hydrogens (tertiary/aromatic N) is 2. The van der Waals surface area contributed by atoms with E-state index in [2.05, 4.69) is 0 Å². The van der Waals surface area contributed by atoms with Crippen LogP contribution in [0.3, 0.4) is 0 Å². The minimum atomic E-state index is -1.26. The highest BCUT2D eigenvalue weighted by Gasteiger charge is 2.38. The molecule has 2 atom stereocenters. The maximum Gasteiger partial charge on any atom is 0.346 e. The van der Waals surface area contributed by atoms with Gasteiger partial charge in [0.25, 0.3) is 0 Å². The summed E-state index contributed by atoms with van der Waals surface area (Å²) in [6.45, 7) is 1.29. The van der Waals surface area contributed by atoms with Crippen molar-refractivity contribution in [3.63, 3.8) is 0 Å². The Bertz CT molecular complexity index is 688. The first-order chi connectivity index (χ1) is 11.2. The lowest BCUT2D eigenvalue weighted by molar-refractivity contribution is -0.139. The fourth-order valence-corrected chi connectivity index (χ4v) is 3.20. The highest BCUT2D eigenvalue weighted by atomic mass is 32.1. The number of carbonyl (C=O) groups excluding carboxylic acids is 2. The molecule has 0 radical (unpaired) electrons. The molecule has 1 fully saturated rings. The van der Waals surface area contributed by atoms with Gasteiger partial charge in [0, 0.05) is 13.1 Å². The molecule has 1 unspecified atom stereocenters. The average molecular weight is 355 g/mol. The number of nitrogens with two attached hydrogens (primary N) is 1. The summed E-state index contributed by atoms with van der Waals surface area (Å²) in [7, 11) is 0. The molecule has 0 bridgehead atoms. The second kappa shape index (κ2) is 6.97. The lowest BCUT2D eigenvalue weighted by Gasteiger charge is -2.38. The Kier molecular flexibility index (Phi) is 5.20. The van der Waals surface area contributed by atoms with E-state index in [1.165, 1.54) is 4.90 Å². The number of aromatic carboxylic acids is 1. The number of carbonyl (C=O) groups is 4. The average Bonchev–Trinajstić information content (AvgIpc) is 2.97. The van der Waals surface area contributed by atoms with Crippen molar-refractivity contribution in [2.24, 2.45) is 11.7 Å². The lowest BCUT2D eigenvalue weighted by atomic mass is 10.1. The van der Waals surface area contributed by atoms with Crippen LogP contribution in [0.4, 0.5) is 4.79 Å². The smallest absolute Gasteiger partial charge is 0.346 e. The summed E-state index contributed by atoms with van der Waals surface area (Å²) in [6.07, 6.45) is 0. The van der Waals surface area contributed by atoms with Gasteiger partial charge in [0.15, 0.2) is 0 Å². The summed E-state index contributed by atoms with van der Waals surface area (Å²) < 4.78 is 0. The zero-order valence-electron chi connectivity index (χ0n) is 12.8. The van der Waals surface area contributed by atoms with E-state index in [1.807, 2.05) is 0 Å². The van der Waals surface area contributed by atoms with E-state index in [9.17, 15) is 19.2 Å². The van der Waals surface area contributed by atoms with Crippen molar-refractivity contribution in [3.05, 3.63) is 21.9 Å². The van der Waals surface area contributed by atoms with E-state index in [1.54, 1.807) is 18.4 Å². The van der Waals surface area contributed by atoms with E-state index < -0.39 is 35.8 Å². The molecule has 24 heavy (non-hydrogen) atoms. The van der Waals surface area contributed by atoms with Crippen molar-refractivity contribution < 1.29 is 29.4 Å². The molecule has 0 saturated carbocycles. The van der Waals surface area contributed by atoms with Crippen LogP contribution in [0.25, 0.3) is 0 Å². The van der Waals surface area contributed by atoms with Crippen LogP contribution in [0, 0.1) is 5.92 Å². The molecule has 10 heteroatoms. The zero-order valence-corrected chi connectivity index (χ0v) is 13.7. The molecule has 1 aromatic rings. The number of carboxylic acids is 2. The topological polar surface area (TPSA) is 141 Å². The van der Waals surface area contributed by atoms with Crippen LogP contribution in [-0.2, 0) is 16.1 Å². The summed E-state index contributed by atoms with van der Waals surface area (Å²) in [5.74, 6) is -3.34. The summed E-state index contributed by atoms with van der Waals surface area (Å²) >= 11 is 1.00. The van der Waals surface area contributed by atoms with Gasteiger partial charge in [-0.3, -0.25) is 14.5 Å². The van der Waals surface area contributed by atoms with E-state index in [0.717, 1.165) is 16.2 Å². The number of carboxylic acid groups (broad SMARTS) is 2. The molecule has 1 aliphatic rings. The molecule has 1 aromatic heterocycles. The Morgan fingerprint density at radius 2 is 2.08 bits per heavy atom. The highest BCUT2D eigenvalue weighted by molar-refractivity contribution is 7.12. The van der Waals surface area contributed by atoms with Gasteiger partial charge in [0.1, 0.15) is 10.9 Å². The quantitative estimate of drug-likeness (QED) is 0.664. The number of urea groups is 1. The summed E-state index contributed by atoms with van der Waals surface area (Å²) in [6, 6.07) is -0.384. The third-order valence-corrected chi connectivity index (χ3v) is 4.63. The molecule has 0 aromatic carbocycles. The number of hydrogen-bond donors (Lipinski definition) is 3. The standard InChI is InChI=1S/C14H17N3O6S/c1-7-4-16(6-9(15)12(19)20)14(23)17(11(7)18)5-8-2-3-24-10(8)13(21)22/h2-3,7,9H,4-6,15H2,1H3,(H,19,20)(H,21,22)/t7?,9-/m0/s1. The molecular formula is C14H17N3O6S. The van der Waals surface area contributed by atoms with E-state index in [4.69, 9.17) is 15.9 Å². The fourth-order valence-electron chi connectivity index (χ4n) is 2.45. The molecule has 2 heterocycles. The summed E-state index contributed by atoms with van der Waals surface area (Å²) in [4.78, 5) is 49.0. The van der Waals surface area contributed by atoms with Gasteiger partial charge in [-0.25, -0.2) is 9.59 Å². The van der Waals surface area contributed by atoms with Crippen molar-refractivity contribution in [1.29, 1.82) is 0 Å². The largest absolute Gasteiger partial charge is 0.480 e. The molecule has 9 nitrogen and oxygen atoms in total. The van der Waals surface area contributed by atoms with Crippen LogP contribution in [0.5, 0.6) is 0 Å². The molecule has 0 aliphatic carbocycles. The second-order valence-corrected chi connectivity index (χ2v) is 6.45. The maximum absolute atomic E-state index is 12.5. The Morgan fingerprint density at radius 1 is 1.42 bits per heavy atom. The van der Waals surface area contributed by atoms with Crippen molar-refractivity contribution in [1.82, 2.24) is 9.80 Å². The van der Waals surface area contributed by atoms with Crippen molar-refractivity contribution in [2.45, 2.75) is 19.5 Å². The monoisotopic (exact) mass is 355 g/mol. The lowest BCUT2D eigenvalue weighted by Crippen LogP contribution is -2.58. The van der Waals surface area contributed by atoms with Crippen molar-refractivity contribution in [2.75, 3.05) is 13.1 Å². The van der Waals surface area contributed by atoms with Crippen LogP contribution in [0.2, 0.25) is 0 Å². The minimum Gasteiger partial charge on any atom is -0.480 e. The van der Waals surface area contributed by atoms with Crippen LogP contribution in [0.1, 0.15) is 22.2 Å². The maximum atomic E-state index is 12.5. The number of hydrogen-bond acceptors (Lipinski definition) is 6. The number of aliphatic carboxylic acids is 1. The zero-order chi connectivity index (χ0) is 18.0. The molecule has 4 N–H and O–H groups in total. The van der Waals surface area contributed by atoms with Crippen molar-refractivity contribution >= 4 is 35.2 Å². The summed E-state index contributed by atoms with van der Waals surface area (Å²) in [5, 5.41) is 19.6. The normalized spacial score (nSPS) is 19.5. The Morgan fingerprint density at radius 3 is 2.67 bits per heavy atom. The second-order valence-electron chi connectivity index (χ2n) is 5.54. The third kappa shape index (κ3) is 3.54. The minimum absolute atomic E-state index is 0.0580. The molecule has 2 rings (SSSR count). The van der Waals surface area contributed by atoms with Gasteiger partial charge in [-0.2, -0.15) is 0 Å². The third-order valence-electron chi connectivity index (χ3n) is 3.69. The molecule has 130 valence electrons. The molecule has 1 saturated heterocycles. The number of rotatable bonds is 6. The molecule has 3 amide bonds. The Balaban J connectivity index is 2.21. The van der Waals surface area contributed by atoms with Gasteiger partial charge in [-0.15, -0.1) is 11.3 Å². The van der Waals surface area contributed by atoms with Crippen molar-refractivity contribution in [3.8, 4) is 0 Å². The van der Waals surface area contributed by atoms with Gasteiger partial charge >= 0.3 is 18.0 Å². The first-order valence-electron chi connectivity index (χ1n) is 7.10. The van der Waals surface area contributed by atoms with E-state index >= 15 is 0 Å². The first-order valence-corrected chi connectivity index (χ1v) is 7.98. The molecule has 1 aliphatic heterocycles. The van der Waals surface area contributed by atoms with Crippen LogP contribution < -0.4 is 5.73 Å². The Hall–Kier alpha value is -2.46. The van der Waals surface area contributed by atoms with Gasteiger partial charge in [-0.05, 0) is 17.0 Å². The van der Waals surface area contributed by atoms with Crippen LogP contribution >= 0.6 is 11.3 Å². The Labute approximate surface area is 141 Å². The summed E-state index contributed by atoms with van der Waals surface area (Å²) in [5.41, 5.74) is 5.81. The van der Waals surface area contributed by atoms with Gasteiger partial charge in [0.2, 0.25) is 5.91 Å². The SMILES string of the molecule is CC1CN(C[C@H](N)C(=O)O)C(=O)N(Cc2ccsc2C(=O)O)C1=O. The van der Waals surface area contributed by atoms with E-state index in [0.29, 0.717) is 5.56 Å². The predicted octanol–water partition coefficient (Wildman–Crippen LogP) is 0.259. The van der Waals surface area contributed by atoms with Gasteiger partial charge in [0.05, 0.1) is 12.5 Å². The van der Waals surface area contributed by atoms with Gasteiger partial charge < -0.3 is 20.8 Å². The predicted molar refractivity (Wildman–Crippen MR) is 83.6 cm³/mol. The highest BCUT2D eigenvalue weighted by Crippen LogP contribution is 2.23. The van der Waals surface area contributed by atoms with Crippen LogP contribution in [0.15, 0.2) is 11.4 Å². The fraction of sp³-hybridized carbons (Fsp3) is 0.429. The molecule has 0 spiro atoms.